The van der Waals surface area contributed by atoms with Crippen molar-refractivity contribution in [1.82, 2.24) is 20.3 Å². The van der Waals surface area contributed by atoms with Gasteiger partial charge in [-0.1, -0.05) is 16.8 Å². The molecule has 21 heavy (non-hydrogen) atoms. The maximum Gasteiger partial charge on any atom is 0.416 e. The summed E-state index contributed by atoms with van der Waals surface area (Å²) in [6.45, 7) is 0.505. The first kappa shape index (κ1) is 14.3. The smallest absolute Gasteiger partial charge is 0.308 e. The summed E-state index contributed by atoms with van der Waals surface area (Å²) in [5.74, 6) is 0. The Bertz CT molecular complexity index is 649. The Hall–Kier alpha value is -1.60. The molecule has 1 aromatic carbocycles. The van der Waals surface area contributed by atoms with Crippen LogP contribution in [0, 0.1) is 0 Å². The molecule has 1 fully saturated rings. The van der Waals surface area contributed by atoms with E-state index in [1.54, 1.807) is 0 Å². The fourth-order valence-electron chi connectivity index (χ4n) is 1.99. The van der Waals surface area contributed by atoms with Crippen LogP contribution in [0.2, 0.25) is 5.02 Å². The summed E-state index contributed by atoms with van der Waals surface area (Å²) >= 11 is 5.79. The van der Waals surface area contributed by atoms with Crippen molar-refractivity contribution in [2.75, 3.05) is 0 Å². The summed E-state index contributed by atoms with van der Waals surface area (Å²) in [4.78, 5) is 0. The molecule has 1 saturated carbocycles. The van der Waals surface area contributed by atoms with E-state index in [2.05, 4.69) is 15.6 Å². The molecule has 0 atom stereocenters. The van der Waals surface area contributed by atoms with Crippen LogP contribution >= 0.6 is 11.6 Å². The van der Waals surface area contributed by atoms with Gasteiger partial charge in [0.25, 0.3) is 0 Å². The second-order valence-electron chi connectivity index (χ2n) is 4.99. The van der Waals surface area contributed by atoms with Gasteiger partial charge in [0, 0.05) is 17.6 Å². The van der Waals surface area contributed by atoms with E-state index in [9.17, 15) is 13.2 Å². The van der Waals surface area contributed by atoms with E-state index >= 15 is 0 Å². The SMILES string of the molecule is FC(F)(F)c1cc(Cl)cc(-n2nncc2CNC2CC2)c1. The number of alkyl halides is 3. The number of rotatable bonds is 4. The van der Waals surface area contributed by atoms with E-state index < -0.39 is 11.7 Å². The number of nitrogens with zero attached hydrogens (tertiary/aromatic N) is 3. The molecule has 0 unspecified atom stereocenters. The highest BCUT2D eigenvalue weighted by Crippen LogP contribution is 2.32. The van der Waals surface area contributed by atoms with Crippen molar-refractivity contribution in [2.45, 2.75) is 31.6 Å². The third kappa shape index (κ3) is 3.36. The highest BCUT2D eigenvalue weighted by atomic mass is 35.5. The fourth-order valence-corrected chi connectivity index (χ4v) is 2.22. The van der Waals surface area contributed by atoms with Crippen LogP contribution in [0.3, 0.4) is 0 Å². The summed E-state index contributed by atoms with van der Waals surface area (Å²) in [5.41, 5.74) is 0.138. The predicted molar refractivity (Wildman–Crippen MR) is 71.2 cm³/mol. The largest absolute Gasteiger partial charge is 0.416 e. The van der Waals surface area contributed by atoms with Gasteiger partial charge in [-0.2, -0.15) is 13.2 Å². The monoisotopic (exact) mass is 316 g/mol. The van der Waals surface area contributed by atoms with Crippen molar-refractivity contribution < 1.29 is 13.2 Å². The summed E-state index contributed by atoms with van der Waals surface area (Å²) in [6, 6.07) is 3.83. The van der Waals surface area contributed by atoms with E-state index in [4.69, 9.17) is 11.6 Å². The molecule has 2 aromatic rings. The first-order valence-electron chi connectivity index (χ1n) is 6.44. The van der Waals surface area contributed by atoms with Crippen molar-refractivity contribution in [3.05, 3.63) is 40.7 Å². The molecular formula is C13H12ClF3N4. The highest BCUT2D eigenvalue weighted by Gasteiger charge is 2.31. The second-order valence-corrected chi connectivity index (χ2v) is 5.42. The zero-order valence-corrected chi connectivity index (χ0v) is 11.6. The quantitative estimate of drug-likeness (QED) is 0.942. The Labute approximate surface area is 123 Å². The normalized spacial score (nSPS) is 15.4. The van der Waals surface area contributed by atoms with Crippen LogP contribution < -0.4 is 5.32 Å². The molecule has 112 valence electrons. The van der Waals surface area contributed by atoms with Gasteiger partial charge in [-0.05, 0) is 31.0 Å². The van der Waals surface area contributed by atoms with Crippen LogP contribution in [0.5, 0.6) is 0 Å². The molecule has 1 heterocycles. The fraction of sp³-hybridized carbons (Fsp3) is 0.385. The molecule has 0 saturated heterocycles. The number of hydrogen-bond donors (Lipinski definition) is 1. The van der Waals surface area contributed by atoms with Crippen LogP contribution in [0.15, 0.2) is 24.4 Å². The van der Waals surface area contributed by atoms with E-state index in [-0.39, 0.29) is 10.7 Å². The van der Waals surface area contributed by atoms with E-state index in [1.807, 2.05) is 0 Å². The maximum atomic E-state index is 12.8. The van der Waals surface area contributed by atoms with Gasteiger partial charge in [-0.15, -0.1) is 5.10 Å². The summed E-state index contributed by atoms with van der Waals surface area (Å²) in [6.07, 6.45) is -0.676. The Morgan fingerprint density at radius 3 is 2.71 bits per heavy atom. The van der Waals surface area contributed by atoms with Crippen molar-refractivity contribution in [3.8, 4) is 5.69 Å². The minimum Gasteiger partial charge on any atom is -0.308 e. The lowest BCUT2D eigenvalue weighted by atomic mass is 10.2. The summed E-state index contributed by atoms with van der Waals surface area (Å²) in [5, 5.41) is 10.9. The number of benzene rings is 1. The highest BCUT2D eigenvalue weighted by molar-refractivity contribution is 6.30. The number of aromatic nitrogens is 3. The van der Waals surface area contributed by atoms with Crippen LogP contribution in [0.4, 0.5) is 13.2 Å². The molecule has 0 radical (unpaired) electrons. The zero-order valence-electron chi connectivity index (χ0n) is 10.9. The van der Waals surface area contributed by atoms with E-state index in [0.717, 1.165) is 25.0 Å². The number of halogens is 4. The molecule has 1 aliphatic carbocycles. The molecular weight excluding hydrogens is 305 g/mol. The lowest BCUT2D eigenvalue weighted by molar-refractivity contribution is -0.137. The van der Waals surface area contributed by atoms with E-state index in [0.29, 0.717) is 18.3 Å². The van der Waals surface area contributed by atoms with Crippen LogP contribution in [0.1, 0.15) is 24.1 Å². The third-order valence-electron chi connectivity index (χ3n) is 3.22. The predicted octanol–water partition coefficient (Wildman–Crippen LogP) is 3.19. The lowest BCUT2D eigenvalue weighted by Gasteiger charge is -2.11. The van der Waals surface area contributed by atoms with Gasteiger partial charge in [0.1, 0.15) is 0 Å². The molecule has 0 amide bonds. The van der Waals surface area contributed by atoms with Gasteiger partial charge in [0.05, 0.1) is 23.1 Å². The zero-order chi connectivity index (χ0) is 15.0. The second kappa shape index (κ2) is 5.31. The molecule has 3 rings (SSSR count). The van der Waals surface area contributed by atoms with Crippen LogP contribution in [-0.4, -0.2) is 21.0 Å². The Morgan fingerprint density at radius 2 is 2.05 bits per heavy atom. The average Bonchev–Trinajstić information content (AvgIpc) is 3.11. The van der Waals surface area contributed by atoms with E-state index in [1.165, 1.54) is 16.9 Å². The molecule has 4 nitrogen and oxygen atoms in total. The maximum absolute atomic E-state index is 12.8. The first-order chi connectivity index (χ1) is 9.93. The van der Waals surface area contributed by atoms with Gasteiger partial charge < -0.3 is 5.32 Å². The van der Waals surface area contributed by atoms with Crippen molar-refractivity contribution in [1.29, 1.82) is 0 Å². The van der Waals surface area contributed by atoms with Gasteiger partial charge in [-0.3, -0.25) is 0 Å². The van der Waals surface area contributed by atoms with Gasteiger partial charge in [0.15, 0.2) is 0 Å². The summed E-state index contributed by atoms with van der Waals surface area (Å²) < 4.78 is 39.9. The Morgan fingerprint density at radius 1 is 1.29 bits per heavy atom. The molecule has 1 N–H and O–H groups in total. The van der Waals surface area contributed by atoms with Crippen LogP contribution in [0.25, 0.3) is 5.69 Å². The minimum atomic E-state index is -4.45. The lowest BCUT2D eigenvalue weighted by Crippen LogP contribution is -2.18. The van der Waals surface area contributed by atoms with Crippen molar-refractivity contribution in [2.24, 2.45) is 0 Å². The van der Waals surface area contributed by atoms with Gasteiger partial charge in [-0.25, -0.2) is 4.68 Å². The average molecular weight is 317 g/mol. The third-order valence-corrected chi connectivity index (χ3v) is 3.44. The summed E-state index contributed by atoms with van der Waals surface area (Å²) in [7, 11) is 0. The topological polar surface area (TPSA) is 42.7 Å². The molecule has 1 aliphatic rings. The number of hydrogen-bond acceptors (Lipinski definition) is 3. The standard InChI is InChI=1S/C13H12ClF3N4/c14-9-3-8(13(15,16)17)4-11(5-9)21-12(7-19-20-21)6-18-10-1-2-10/h3-5,7,10,18H,1-2,6H2. The Balaban J connectivity index is 1.92. The first-order valence-corrected chi connectivity index (χ1v) is 6.82. The van der Waals surface area contributed by atoms with Gasteiger partial charge >= 0.3 is 6.18 Å². The number of nitrogens with one attached hydrogen (secondary N) is 1. The molecule has 0 spiro atoms. The minimum absolute atomic E-state index is 0.0106. The van der Waals surface area contributed by atoms with Crippen molar-refractivity contribution in [3.63, 3.8) is 0 Å². The van der Waals surface area contributed by atoms with Crippen molar-refractivity contribution >= 4 is 11.6 Å². The molecule has 0 bridgehead atoms. The van der Waals surface area contributed by atoms with Crippen LogP contribution in [-0.2, 0) is 12.7 Å². The Kier molecular flexibility index (Phi) is 3.62. The molecule has 8 heteroatoms. The molecule has 1 aromatic heterocycles. The van der Waals surface area contributed by atoms with Gasteiger partial charge in [0.2, 0.25) is 0 Å². The molecule has 0 aliphatic heterocycles.